The van der Waals surface area contributed by atoms with E-state index in [2.05, 4.69) is 9.71 Å². The molecule has 0 aliphatic rings. The van der Waals surface area contributed by atoms with Gasteiger partial charge in [0.25, 0.3) is 0 Å². The number of nitrogens with two attached hydrogens (primary N) is 1. The van der Waals surface area contributed by atoms with Gasteiger partial charge in [-0.25, -0.2) is 22.5 Å². The van der Waals surface area contributed by atoms with Crippen molar-refractivity contribution in [1.82, 2.24) is 9.71 Å². The number of nitrogen functional groups attached to an aromatic ring is 1. The Bertz CT molecular complexity index is 1250. The molecule has 0 radical (unpaired) electrons. The Morgan fingerprint density at radius 1 is 0.938 bits per heavy atom. The second-order valence-corrected chi connectivity index (χ2v) is 9.80. The SMILES string of the molecule is CC(C)(C)NS(=O)(=O)c1c(-c2ccccc2)ccc(-c2cnc(N)c(C(F)(F)F)c2)c1F. The molecule has 0 spiro atoms. The first-order valence-corrected chi connectivity index (χ1v) is 10.9. The number of benzene rings is 2. The third-order valence-corrected chi connectivity index (χ3v) is 6.24. The summed E-state index contributed by atoms with van der Waals surface area (Å²) in [7, 11) is -4.40. The molecule has 0 unspecified atom stereocenters. The molecule has 0 atom stereocenters. The molecule has 0 bridgehead atoms. The van der Waals surface area contributed by atoms with Crippen molar-refractivity contribution in [2.75, 3.05) is 5.73 Å². The van der Waals surface area contributed by atoms with Gasteiger partial charge >= 0.3 is 6.18 Å². The Kier molecular flexibility index (Phi) is 6.05. The first-order chi connectivity index (χ1) is 14.7. The van der Waals surface area contributed by atoms with Crippen molar-refractivity contribution >= 4 is 15.8 Å². The molecule has 3 aromatic rings. The lowest BCUT2D eigenvalue weighted by molar-refractivity contribution is -0.137. The van der Waals surface area contributed by atoms with Crippen molar-refractivity contribution in [1.29, 1.82) is 0 Å². The highest BCUT2D eigenvalue weighted by atomic mass is 32.2. The lowest BCUT2D eigenvalue weighted by atomic mass is 9.99. The number of nitrogens with zero attached hydrogens (tertiary/aromatic N) is 1. The summed E-state index contributed by atoms with van der Waals surface area (Å²) in [5, 5.41) is 0. The van der Waals surface area contributed by atoms with Crippen LogP contribution in [0.25, 0.3) is 22.3 Å². The van der Waals surface area contributed by atoms with Gasteiger partial charge in [-0.3, -0.25) is 0 Å². The van der Waals surface area contributed by atoms with E-state index in [0.717, 1.165) is 6.20 Å². The number of aromatic nitrogens is 1. The first kappa shape index (κ1) is 23.7. The zero-order valence-electron chi connectivity index (χ0n) is 17.5. The number of rotatable bonds is 4. The van der Waals surface area contributed by atoms with E-state index in [0.29, 0.717) is 11.6 Å². The molecule has 170 valence electrons. The Hall–Kier alpha value is -2.98. The largest absolute Gasteiger partial charge is 0.419 e. The molecule has 10 heteroatoms. The van der Waals surface area contributed by atoms with Crippen LogP contribution in [-0.4, -0.2) is 18.9 Å². The minimum atomic E-state index is -4.81. The van der Waals surface area contributed by atoms with Crippen LogP contribution in [-0.2, 0) is 16.2 Å². The maximum absolute atomic E-state index is 15.7. The van der Waals surface area contributed by atoms with Crippen molar-refractivity contribution in [3.63, 3.8) is 0 Å². The summed E-state index contributed by atoms with van der Waals surface area (Å²) in [5.74, 6) is -1.95. The summed E-state index contributed by atoms with van der Waals surface area (Å²) in [6.45, 7) is 4.77. The highest BCUT2D eigenvalue weighted by molar-refractivity contribution is 7.89. The van der Waals surface area contributed by atoms with Gasteiger partial charge in [-0.1, -0.05) is 42.5 Å². The number of sulfonamides is 1. The zero-order valence-corrected chi connectivity index (χ0v) is 18.3. The molecule has 5 nitrogen and oxygen atoms in total. The topological polar surface area (TPSA) is 85.1 Å². The van der Waals surface area contributed by atoms with E-state index >= 15 is 4.39 Å². The highest BCUT2D eigenvalue weighted by Gasteiger charge is 2.35. The van der Waals surface area contributed by atoms with Gasteiger partial charge in [-0.05, 0) is 32.4 Å². The fourth-order valence-electron chi connectivity index (χ4n) is 3.19. The maximum Gasteiger partial charge on any atom is 0.419 e. The average Bonchev–Trinajstić information content (AvgIpc) is 2.66. The van der Waals surface area contributed by atoms with Crippen LogP contribution in [0.1, 0.15) is 26.3 Å². The van der Waals surface area contributed by atoms with E-state index in [-0.39, 0.29) is 16.7 Å². The number of nitrogens with one attached hydrogen (secondary N) is 1. The van der Waals surface area contributed by atoms with E-state index in [9.17, 15) is 21.6 Å². The normalized spacial score (nSPS) is 12.7. The molecule has 3 N–H and O–H groups in total. The molecule has 1 heterocycles. The summed E-state index contributed by atoms with van der Waals surface area (Å²) in [6.07, 6.45) is -3.84. The van der Waals surface area contributed by atoms with Gasteiger partial charge in [-0.2, -0.15) is 13.2 Å². The summed E-state index contributed by atoms with van der Waals surface area (Å²) >= 11 is 0. The van der Waals surface area contributed by atoms with Crippen molar-refractivity contribution in [2.24, 2.45) is 0 Å². The molecular formula is C22H21F4N3O2S. The second-order valence-electron chi connectivity index (χ2n) is 8.18. The van der Waals surface area contributed by atoms with Crippen LogP contribution < -0.4 is 10.5 Å². The van der Waals surface area contributed by atoms with Crippen LogP contribution in [0.15, 0.2) is 59.6 Å². The molecule has 2 aromatic carbocycles. The fourth-order valence-corrected chi connectivity index (χ4v) is 4.92. The Morgan fingerprint density at radius 2 is 1.53 bits per heavy atom. The van der Waals surface area contributed by atoms with Crippen LogP contribution in [0, 0.1) is 5.82 Å². The summed E-state index contributed by atoms with van der Waals surface area (Å²) in [6, 6.07) is 11.5. The maximum atomic E-state index is 15.7. The number of alkyl halides is 3. The van der Waals surface area contributed by atoms with E-state index in [1.54, 1.807) is 51.1 Å². The summed E-state index contributed by atoms with van der Waals surface area (Å²) in [5.41, 5.74) is 3.06. The van der Waals surface area contributed by atoms with Gasteiger partial charge in [0.05, 0.1) is 5.56 Å². The minimum Gasteiger partial charge on any atom is -0.383 e. The van der Waals surface area contributed by atoms with Crippen LogP contribution in [0.2, 0.25) is 0 Å². The van der Waals surface area contributed by atoms with Gasteiger partial charge in [-0.15, -0.1) is 0 Å². The van der Waals surface area contributed by atoms with Crippen LogP contribution in [0.4, 0.5) is 23.4 Å². The van der Waals surface area contributed by atoms with E-state index in [4.69, 9.17) is 5.73 Å². The number of hydrogen-bond acceptors (Lipinski definition) is 4. The number of halogens is 4. The molecule has 0 saturated carbocycles. The van der Waals surface area contributed by atoms with Gasteiger partial charge in [0.2, 0.25) is 10.0 Å². The molecule has 1 aromatic heterocycles. The molecule has 32 heavy (non-hydrogen) atoms. The van der Waals surface area contributed by atoms with E-state index in [1.807, 2.05) is 0 Å². The lowest BCUT2D eigenvalue weighted by Crippen LogP contribution is -2.41. The third-order valence-electron chi connectivity index (χ3n) is 4.43. The molecule has 0 fully saturated rings. The van der Waals surface area contributed by atoms with Crippen molar-refractivity contribution < 1.29 is 26.0 Å². The van der Waals surface area contributed by atoms with Crippen LogP contribution in [0.5, 0.6) is 0 Å². The van der Waals surface area contributed by atoms with Crippen molar-refractivity contribution in [2.45, 2.75) is 37.4 Å². The molecular weight excluding hydrogens is 446 g/mol. The van der Waals surface area contributed by atoms with Gasteiger partial charge in [0, 0.05) is 28.4 Å². The first-order valence-electron chi connectivity index (χ1n) is 9.46. The molecule has 0 aliphatic heterocycles. The van der Waals surface area contributed by atoms with Crippen molar-refractivity contribution in [3.05, 3.63) is 66.1 Å². The fraction of sp³-hybridized carbons (Fsp3) is 0.227. The van der Waals surface area contributed by atoms with Gasteiger partial charge in [0.1, 0.15) is 10.7 Å². The quantitative estimate of drug-likeness (QED) is 0.515. The predicted molar refractivity (Wildman–Crippen MR) is 115 cm³/mol. The van der Waals surface area contributed by atoms with Gasteiger partial charge < -0.3 is 5.73 Å². The average molecular weight is 467 g/mol. The zero-order chi connectivity index (χ0) is 23.9. The molecule has 3 rings (SSSR count). The van der Waals surface area contributed by atoms with E-state index < -0.39 is 43.8 Å². The monoisotopic (exact) mass is 467 g/mol. The Morgan fingerprint density at radius 3 is 2.09 bits per heavy atom. The van der Waals surface area contributed by atoms with Crippen LogP contribution >= 0.6 is 0 Å². The standard InChI is InChI=1S/C22H21F4N3O2S/c1-21(2,3)29-32(30,31)19-16(13-7-5-4-6-8-13)10-9-15(18(19)23)14-11-17(22(24,25)26)20(27)28-12-14/h4-12,29H,1-3H3,(H2,27,28). The number of pyridine rings is 1. The Balaban J connectivity index is 2.31. The second kappa shape index (κ2) is 8.18. The van der Waals surface area contributed by atoms with Gasteiger partial charge in [0.15, 0.2) is 5.82 Å². The third kappa shape index (κ3) is 4.91. The van der Waals surface area contributed by atoms with Crippen molar-refractivity contribution in [3.8, 4) is 22.3 Å². The van der Waals surface area contributed by atoms with E-state index in [1.165, 1.54) is 12.1 Å². The summed E-state index contributed by atoms with van der Waals surface area (Å²) < 4.78 is 84.3. The number of hydrogen-bond donors (Lipinski definition) is 2. The predicted octanol–water partition coefficient (Wildman–Crippen LogP) is 5.23. The number of anilines is 1. The lowest BCUT2D eigenvalue weighted by Gasteiger charge is -2.23. The van der Waals surface area contributed by atoms with Crippen LogP contribution in [0.3, 0.4) is 0 Å². The molecule has 0 amide bonds. The highest BCUT2D eigenvalue weighted by Crippen LogP contribution is 2.39. The minimum absolute atomic E-state index is 0.0723. The summed E-state index contributed by atoms with van der Waals surface area (Å²) in [4.78, 5) is 2.86. The smallest absolute Gasteiger partial charge is 0.383 e. The molecule has 0 saturated heterocycles. The molecule has 0 aliphatic carbocycles. The Labute approximate surface area is 183 Å².